The quantitative estimate of drug-likeness (QED) is 0.786. The molecule has 1 N–H and O–H groups in total. The monoisotopic (exact) mass is 409 g/mol. The summed E-state index contributed by atoms with van der Waals surface area (Å²) in [6.07, 6.45) is 3.00. The molecule has 0 radical (unpaired) electrons. The fourth-order valence-electron chi connectivity index (χ4n) is 3.01. The number of aromatic nitrogens is 1. The van der Waals surface area contributed by atoms with Crippen LogP contribution in [0, 0.1) is 5.92 Å². The molecule has 1 aliphatic rings. The summed E-state index contributed by atoms with van der Waals surface area (Å²) in [5, 5.41) is 4.66. The number of nitrogens with zero attached hydrogens (tertiary/aromatic N) is 2. The second-order valence-electron chi connectivity index (χ2n) is 6.75. The van der Waals surface area contributed by atoms with E-state index in [0.29, 0.717) is 25.6 Å². The van der Waals surface area contributed by atoms with E-state index in [-0.39, 0.29) is 17.3 Å². The van der Waals surface area contributed by atoms with Crippen LogP contribution in [0.4, 0.5) is 0 Å². The van der Waals surface area contributed by atoms with Gasteiger partial charge in [0.15, 0.2) is 0 Å². The number of carbonyl (C=O) groups excluding carboxylic acids is 1. The molecule has 27 heavy (non-hydrogen) atoms. The van der Waals surface area contributed by atoms with Crippen LogP contribution in [0.1, 0.15) is 24.6 Å². The molecule has 146 valence electrons. The van der Waals surface area contributed by atoms with E-state index in [4.69, 9.17) is 0 Å². The van der Waals surface area contributed by atoms with Crippen molar-refractivity contribution in [3.63, 3.8) is 0 Å². The molecule has 3 rings (SSSR count). The van der Waals surface area contributed by atoms with Gasteiger partial charge in [-0.15, -0.1) is 11.3 Å². The van der Waals surface area contributed by atoms with Crippen LogP contribution in [0.5, 0.6) is 0 Å². The Bertz CT molecular complexity index is 943. The molecule has 1 saturated heterocycles. The normalized spacial score (nSPS) is 16.3. The van der Waals surface area contributed by atoms with Crippen LogP contribution >= 0.6 is 11.3 Å². The Kier molecular flexibility index (Phi) is 6.13. The molecule has 0 unspecified atom stereocenters. The number of thiophene rings is 1. The Labute approximate surface area is 162 Å². The van der Waals surface area contributed by atoms with Crippen molar-refractivity contribution in [3.8, 4) is 0 Å². The number of sulfonamides is 1. The van der Waals surface area contributed by atoms with Crippen molar-refractivity contribution in [2.45, 2.75) is 37.8 Å². The minimum atomic E-state index is -3.85. The molecular formula is C18H23N3O4S2. The van der Waals surface area contributed by atoms with Crippen LogP contribution in [-0.2, 0) is 27.9 Å². The predicted molar refractivity (Wildman–Crippen MR) is 104 cm³/mol. The van der Waals surface area contributed by atoms with Gasteiger partial charge in [-0.05, 0) is 42.3 Å². The molecule has 0 aromatic carbocycles. The maximum absolute atomic E-state index is 12.8. The van der Waals surface area contributed by atoms with Gasteiger partial charge in [-0.2, -0.15) is 4.31 Å². The average molecular weight is 410 g/mol. The largest absolute Gasteiger partial charge is 0.350 e. The number of hydrogen-bond donors (Lipinski definition) is 1. The highest BCUT2D eigenvalue weighted by molar-refractivity contribution is 7.89. The molecule has 3 heterocycles. The molecule has 0 aliphatic carbocycles. The van der Waals surface area contributed by atoms with Gasteiger partial charge in [-0.1, -0.05) is 13.0 Å². The first kappa shape index (κ1) is 19.8. The SMILES string of the molecule is CC1CCN(S(=O)(=O)c2cccn(CC(=O)NCc3cccs3)c2=O)CC1. The average Bonchev–Trinajstić information content (AvgIpc) is 3.15. The Morgan fingerprint density at radius 3 is 2.67 bits per heavy atom. The number of nitrogens with one attached hydrogen (secondary N) is 1. The second kappa shape index (κ2) is 8.37. The minimum absolute atomic E-state index is 0.218. The lowest BCUT2D eigenvalue weighted by molar-refractivity contribution is -0.121. The van der Waals surface area contributed by atoms with Crippen molar-refractivity contribution in [1.82, 2.24) is 14.2 Å². The van der Waals surface area contributed by atoms with Gasteiger partial charge in [0.1, 0.15) is 11.4 Å². The van der Waals surface area contributed by atoms with Crippen molar-refractivity contribution >= 4 is 27.3 Å². The zero-order chi connectivity index (χ0) is 19.4. The molecule has 0 saturated carbocycles. The van der Waals surface area contributed by atoms with Crippen molar-refractivity contribution in [1.29, 1.82) is 0 Å². The standard InChI is InChI=1S/C18H23N3O4S2/c1-14-6-9-21(10-7-14)27(24,25)16-5-2-8-20(18(16)23)13-17(22)19-12-15-4-3-11-26-15/h2-5,8,11,14H,6-7,9-10,12-13H2,1H3,(H,19,22). The summed E-state index contributed by atoms with van der Waals surface area (Å²) in [7, 11) is -3.85. The highest BCUT2D eigenvalue weighted by Gasteiger charge is 2.30. The first-order valence-electron chi connectivity index (χ1n) is 8.86. The molecule has 2 aromatic rings. The van der Waals surface area contributed by atoms with E-state index < -0.39 is 15.6 Å². The third-order valence-electron chi connectivity index (χ3n) is 4.70. The van der Waals surface area contributed by atoms with Gasteiger partial charge >= 0.3 is 0 Å². The summed E-state index contributed by atoms with van der Waals surface area (Å²) in [5.74, 6) is 0.141. The topological polar surface area (TPSA) is 88.5 Å². The van der Waals surface area contributed by atoms with Crippen LogP contribution in [-0.4, -0.2) is 36.3 Å². The third-order valence-corrected chi connectivity index (χ3v) is 7.49. The molecule has 0 atom stereocenters. The number of amides is 1. The second-order valence-corrected chi connectivity index (χ2v) is 9.69. The van der Waals surface area contributed by atoms with E-state index >= 15 is 0 Å². The summed E-state index contributed by atoms with van der Waals surface area (Å²) in [4.78, 5) is 25.5. The third kappa shape index (κ3) is 4.66. The van der Waals surface area contributed by atoms with Crippen molar-refractivity contribution in [2.24, 2.45) is 5.92 Å². The zero-order valence-corrected chi connectivity index (χ0v) is 16.8. The first-order valence-corrected chi connectivity index (χ1v) is 11.2. The molecule has 0 spiro atoms. The summed E-state index contributed by atoms with van der Waals surface area (Å²) in [6, 6.07) is 6.61. The van der Waals surface area contributed by atoms with Crippen LogP contribution in [0.15, 0.2) is 45.5 Å². The Morgan fingerprint density at radius 2 is 2.00 bits per heavy atom. The molecule has 2 aromatic heterocycles. The van der Waals surface area contributed by atoms with Crippen LogP contribution in [0.3, 0.4) is 0 Å². The van der Waals surface area contributed by atoms with Gasteiger partial charge in [0.05, 0.1) is 6.54 Å². The Morgan fingerprint density at radius 1 is 1.26 bits per heavy atom. The van der Waals surface area contributed by atoms with E-state index in [9.17, 15) is 18.0 Å². The summed E-state index contributed by atoms with van der Waals surface area (Å²) < 4.78 is 28.2. The molecule has 0 bridgehead atoms. The summed E-state index contributed by atoms with van der Waals surface area (Å²) in [6.45, 7) is 3.09. The number of carbonyl (C=O) groups is 1. The fraction of sp³-hybridized carbons (Fsp3) is 0.444. The summed E-state index contributed by atoms with van der Waals surface area (Å²) in [5.41, 5.74) is -0.664. The van der Waals surface area contributed by atoms with E-state index in [2.05, 4.69) is 12.2 Å². The molecule has 1 amide bonds. The smallest absolute Gasteiger partial charge is 0.271 e. The van der Waals surface area contributed by atoms with Gasteiger partial charge in [0.25, 0.3) is 5.56 Å². The number of pyridine rings is 1. The lowest BCUT2D eigenvalue weighted by Crippen LogP contribution is -2.41. The van der Waals surface area contributed by atoms with Gasteiger partial charge in [-0.25, -0.2) is 8.42 Å². The van der Waals surface area contributed by atoms with Gasteiger partial charge in [-0.3, -0.25) is 9.59 Å². The Balaban J connectivity index is 1.73. The van der Waals surface area contributed by atoms with E-state index in [1.54, 1.807) is 0 Å². The highest BCUT2D eigenvalue weighted by atomic mass is 32.2. The van der Waals surface area contributed by atoms with Crippen molar-refractivity contribution in [2.75, 3.05) is 13.1 Å². The van der Waals surface area contributed by atoms with Gasteiger partial charge in [0, 0.05) is 24.2 Å². The van der Waals surface area contributed by atoms with Crippen molar-refractivity contribution < 1.29 is 13.2 Å². The molecular weight excluding hydrogens is 386 g/mol. The van der Waals surface area contributed by atoms with Crippen molar-refractivity contribution in [3.05, 3.63) is 51.1 Å². The van der Waals surface area contributed by atoms with E-state index in [0.717, 1.165) is 22.3 Å². The summed E-state index contributed by atoms with van der Waals surface area (Å²) >= 11 is 1.53. The molecule has 7 nitrogen and oxygen atoms in total. The predicted octanol–water partition coefficient (Wildman–Crippen LogP) is 1.65. The molecule has 1 fully saturated rings. The van der Waals surface area contributed by atoms with Crippen LogP contribution in [0.25, 0.3) is 0 Å². The van der Waals surface area contributed by atoms with Crippen LogP contribution in [0.2, 0.25) is 0 Å². The van der Waals surface area contributed by atoms with Crippen LogP contribution < -0.4 is 10.9 Å². The minimum Gasteiger partial charge on any atom is -0.350 e. The Hall–Kier alpha value is -1.97. The highest BCUT2D eigenvalue weighted by Crippen LogP contribution is 2.21. The lowest BCUT2D eigenvalue weighted by atomic mass is 10.0. The molecule has 1 aliphatic heterocycles. The zero-order valence-electron chi connectivity index (χ0n) is 15.1. The number of rotatable bonds is 6. The van der Waals surface area contributed by atoms with E-state index in [1.165, 1.54) is 34.0 Å². The maximum Gasteiger partial charge on any atom is 0.271 e. The van der Waals surface area contributed by atoms with Gasteiger partial charge < -0.3 is 9.88 Å². The number of piperidine rings is 1. The number of hydrogen-bond acceptors (Lipinski definition) is 5. The van der Waals surface area contributed by atoms with E-state index in [1.807, 2.05) is 17.5 Å². The fourth-order valence-corrected chi connectivity index (χ4v) is 5.21. The first-order chi connectivity index (χ1) is 12.9. The maximum atomic E-state index is 12.8. The van der Waals surface area contributed by atoms with Gasteiger partial charge in [0.2, 0.25) is 15.9 Å². The lowest BCUT2D eigenvalue weighted by Gasteiger charge is -2.29. The molecule has 9 heteroatoms.